The molecule has 0 fully saturated rings. The zero-order chi connectivity index (χ0) is 19.4. The molecule has 2 aromatic carbocycles. The van der Waals surface area contributed by atoms with Crippen molar-refractivity contribution in [2.24, 2.45) is 0 Å². The Morgan fingerprint density at radius 3 is 2.56 bits per heavy atom. The molecule has 1 N–H and O–H groups in total. The molecule has 0 spiro atoms. The van der Waals surface area contributed by atoms with E-state index in [1.54, 1.807) is 30.3 Å². The number of amides is 1. The Bertz CT molecular complexity index is 980. The number of halogens is 1. The van der Waals surface area contributed by atoms with Crippen LogP contribution < -0.4 is 10.1 Å². The Labute approximate surface area is 155 Å². The standard InChI is InChI=1S/C20H17FN2O4/c1-12(24)15-5-8-17(23-13(2)25)18(9-15)26-11-20-22-10-19(27-20)14-3-6-16(21)7-4-14/h3-10H,11H2,1-2H3,(H,23,25). The SMILES string of the molecule is CC(=O)Nc1ccc(C(C)=O)cc1OCc1ncc(-c2ccc(F)cc2)o1. The Balaban J connectivity index is 1.77. The molecule has 7 heteroatoms. The predicted octanol–water partition coefficient (Wildman–Crippen LogP) is 4.22. The summed E-state index contributed by atoms with van der Waals surface area (Å²) in [5.41, 5.74) is 1.59. The lowest BCUT2D eigenvalue weighted by Crippen LogP contribution is -2.09. The van der Waals surface area contributed by atoms with Gasteiger partial charge in [-0.1, -0.05) is 0 Å². The minimum absolute atomic E-state index is 0.00482. The van der Waals surface area contributed by atoms with Gasteiger partial charge in [-0.25, -0.2) is 9.37 Å². The van der Waals surface area contributed by atoms with E-state index >= 15 is 0 Å². The largest absolute Gasteiger partial charge is 0.482 e. The van der Waals surface area contributed by atoms with Crippen molar-refractivity contribution in [1.29, 1.82) is 0 Å². The van der Waals surface area contributed by atoms with Gasteiger partial charge in [-0.05, 0) is 49.4 Å². The number of nitrogens with one attached hydrogen (secondary N) is 1. The van der Waals surface area contributed by atoms with Gasteiger partial charge in [0.1, 0.15) is 11.6 Å². The van der Waals surface area contributed by atoms with Gasteiger partial charge in [0, 0.05) is 18.1 Å². The molecule has 138 valence electrons. The average Bonchev–Trinajstić information content (AvgIpc) is 3.10. The Hall–Kier alpha value is -3.48. The molecule has 0 saturated heterocycles. The number of ether oxygens (including phenoxy) is 1. The molecule has 0 atom stereocenters. The maximum Gasteiger partial charge on any atom is 0.232 e. The second kappa shape index (κ2) is 7.82. The first-order valence-electron chi connectivity index (χ1n) is 8.18. The average molecular weight is 368 g/mol. The summed E-state index contributed by atoms with van der Waals surface area (Å²) in [7, 11) is 0. The maximum absolute atomic E-state index is 13.0. The summed E-state index contributed by atoms with van der Waals surface area (Å²) in [5.74, 6) is 0.399. The molecule has 3 aromatic rings. The number of carbonyl (C=O) groups excluding carboxylic acids is 2. The summed E-state index contributed by atoms with van der Waals surface area (Å²) in [6, 6.07) is 10.6. The third-order valence-corrected chi connectivity index (χ3v) is 3.73. The van der Waals surface area contributed by atoms with E-state index in [0.29, 0.717) is 34.2 Å². The highest BCUT2D eigenvalue weighted by Gasteiger charge is 2.12. The predicted molar refractivity (Wildman–Crippen MR) is 97.0 cm³/mol. The topological polar surface area (TPSA) is 81.4 Å². The van der Waals surface area contributed by atoms with Crippen molar-refractivity contribution in [1.82, 2.24) is 4.98 Å². The van der Waals surface area contributed by atoms with Gasteiger partial charge in [0.15, 0.2) is 18.2 Å². The van der Waals surface area contributed by atoms with Crippen LogP contribution in [0.25, 0.3) is 11.3 Å². The fraction of sp³-hybridized carbons (Fsp3) is 0.150. The van der Waals surface area contributed by atoms with E-state index in [0.717, 1.165) is 0 Å². The van der Waals surface area contributed by atoms with Crippen LogP contribution in [0, 0.1) is 5.82 Å². The van der Waals surface area contributed by atoms with E-state index < -0.39 is 0 Å². The molecule has 0 unspecified atom stereocenters. The summed E-state index contributed by atoms with van der Waals surface area (Å²) in [6.07, 6.45) is 1.52. The lowest BCUT2D eigenvalue weighted by Gasteiger charge is -2.11. The highest BCUT2D eigenvalue weighted by molar-refractivity contribution is 5.96. The molecular formula is C20H17FN2O4. The number of rotatable bonds is 6. The van der Waals surface area contributed by atoms with E-state index in [4.69, 9.17) is 9.15 Å². The highest BCUT2D eigenvalue weighted by Crippen LogP contribution is 2.28. The fourth-order valence-electron chi connectivity index (χ4n) is 2.42. The molecule has 0 saturated carbocycles. The van der Waals surface area contributed by atoms with Crippen molar-refractivity contribution < 1.29 is 23.1 Å². The molecule has 0 bridgehead atoms. The first kappa shape index (κ1) is 18.3. The van der Waals surface area contributed by atoms with Crippen LogP contribution in [0.1, 0.15) is 30.1 Å². The normalized spacial score (nSPS) is 10.5. The van der Waals surface area contributed by atoms with Crippen molar-refractivity contribution in [3.05, 3.63) is 65.9 Å². The van der Waals surface area contributed by atoms with E-state index in [9.17, 15) is 14.0 Å². The molecule has 0 radical (unpaired) electrons. The van der Waals surface area contributed by atoms with Crippen LogP contribution in [0.3, 0.4) is 0 Å². The number of nitrogens with zero attached hydrogens (tertiary/aromatic N) is 1. The molecule has 0 aliphatic rings. The van der Waals surface area contributed by atoms with Crippen molar-refractivity contribution in [2.75, 3.05) is 5.32 Å². The Morgan fingerprint density at radius 2 is 1.89 bits per heavy atom. The summed E-state index contributed by atoms with van der Waals surface area (Å²) in [5, 5.41) is 2.65. The number of anilines is 1. The lowest BCUT2D eigenvalue weighted by atomic mass is 10.1. The van der Waals surface area contributed by atoms with Crippen molar-refractivity contribution in [3.63, 3.8) is 0 Å². The number of hydrogen-bond donors (Lipinski definition) is 1. The zero-order valence-corrected chi connectivity index (χ0v) is 14.8. The van der Waals surface area contributed by atoms with Gasteiger partial charge in [0.25, 0.3) is 0 Å². The monoisotopic (exact) mass is 368 g/mol. The number of benzene rings is 2. The molecule has 3 rings (SSSR count). The van der Waals surface area contributed by atoms with Crippen LogP contribution in [0.15, 0.2) is 53.1 Å². The molecular weight excluding hydrogens is 351 g/mol. The van der Waals surface area contributed by atoms with Gasteiger partial charge in [-0.15, -0.1) is 0 Å². The summed E-state index contributed by atoms with van der Waals surface area (Å²) < 4.78 is 24.3. The minimum atomic E-state index is -0.335. The summed E-state index contributed by atoms with van der Waals surface area (Å²) in [4.78, 5) is 27.1. The van der Waals surface area contributed by atoms with Crippen LogP contribution in [0.4, 0.5) is 10.1 Å². The van der Waals surface area contributed by atoms with Gasteiger partial charge in [0.05, 0.1) is 11.9 Å². The third-order valence-electron chi connectivity index (χ3n) is 3.73. The molecule has 0 aliphatic heterocycles. The van der Waals surface area contributed by atoms with Crippen LogP contribution in [0.2, 0.25) is 0 Å². The molecule has 1 amide bonds. The first-order valence-corrected chi connectivity index (χ1v) is 8.18. The second-order valence-corrected chi connectivity index (χ2v) is 5.86. The maximum atomic E-state index is 13.0. The van der Waals surface area contributed by atoms with Crippen LogP contribution in [0.5, 0.6) is 5.75 Å². The second-order valence-electron chi connectivity index (χ2n) is 5.86. The summed E-state index contributed by atoms with van der Waals surface area (Å²) >= 11 is 0. The summed E-state index contributed by atoms with van der Waals surface area (Å²) in [6.45, 7) is 2.82. The molecule has 27 heavy (non-hydrogen) atoms. The van der Waals surface area contributed by atoms with Gasteiger partial charge in [0.2, 0.25) is 11.8 Å². The van der Waals surface area contributed by atoms with Crippen molar-refractivity contribution in [3.8, 4) is 17.1 Å². The number of oxazole rings is 1. The van der Waals surface area contributed by atoms with Gasteiger partial charge >= 0.3 is 0 Å². The van der Waals surface area contributed by atoms with Crippen molar-refractivity contribution >= 4 is 17.4 Å². The van der Waals surface area contributed by atoms with E-state index in [1.807, 2.05) is 0 Å². The zero-order valence-electron chi connectivity index (χ0n) is 14.8. The smallest absolute Gasteiger partial charge is 0.232 e. The highest BCUT2D eigenvalue weighted by atomic mass is 19.1. The quantitative estimate of drug-likeness (QED) is 0.659. The van der Waals surface area contributed by atoms with Crippen LogP contribution in [-0.4, -0.2) is 16.7 Å². The van der Waals surface area contributed by atoms with Crippen molar-refractivity contribution in [2.45, 2.75) is 20.5 Å². The lowest BCUT2D eigenvalue weighted by molar-refractivity contribution is -0.114. The van der Waals surface area contributed by atoms with E-state index in [2.05, 4.69) is 10.3 Å². The van der Waals surface area contributed by atoms with Gasteiger partial charge < -0.3 is 14.5 Å². The Kier molecular flexibility index (Phi) is 5.30. The number of carbonyl (C=O) groups is 2. The third kappa shape index (κ3) is 4.58. The Morgan fingerprint density at radius 1 is 1.15 bits per heavy atom. The number of Topliss-reactive ketones (excluding diaryl/α,β-unsaturated/α-hetero) is 1. The van der Waals surface area contributed by atoms with Crippen LogP contribution >= 0.6 is 0 Å². The van der Waals surface area contributed by atoms with E-state index in [1.165, 1.54) is 32.2 Å². The number of aromatic nitrogens is 1. The molecule has 6 nitrogen and oxygen atoms in total. The van der Waals surface area contributed by atoms with Crippen LogP contribution in [-0.2, 0) is 11.4 Å². The molecule has 1 heterocycles. The number of hydrogen-bond acceptors (Lipinski definition) is 5. The molecule has 0 aliphatic carbocycles. The molecule has 1 aromatic heterocycles. The number of ketones is 1. The van der Waals surface area contributed by atoms with Gasteiger partial charge in [-0.2, -0.15) is 0 Å². The fourth-order valence-corrected chi connectivity index (χ4v) is 2.42. The minimum Gasteiger partial charge on any atom is -0.482 e. The first-order chi connectivity index (χ1) is 12.9. The van der Waals surface area contributed by atoms with E-state index in [-0.39, 0.29) is 24.1 Å². The van der Waals surface area contributed by atoms with Gasteiger partial charge in [-0.3, -0.25) is 9.59 Å².